The van der Waals surface area contributed by atoms with Gasteiger partial charge in [0.05, 0.1) is 53.2 Å². The van der Waals surface area contributed by atoms with Crippen LogP contribution in [0.25, 0.3) is 22.5 Å². The van der Waals surface area contributed by atoms with Gasteiger partial charge in [0, 0.05) is 35.3 Å². The molecule has 4 heterocycles. The van der Waals surface area contributed by atoms with Gasteiger partial charge in [0.15, 0.2) is 0 Å². The lowest BCUT2D eigenvalue weighted by molar-refractivity contribution is -0.119. The van der Waals surface area contributed by atoms with Gasteiger partial charge in [-0.25, -0.2) is 10.8 Å². The van der Waals surface area contributed by atoms with Gasteiger partial charge in [-0.2, -0.15) is 5.10 Å². The van der Waals surface area contributed by atoms with Crippen molar-refractivity contribution in [1.82, 2.24) is 24.3 Å². The Morgan fingerprint density at radius 1 is 1.17 bits per heavy atom. The van der Waals surface area contributed by atoms with Crippen LogP contribution < -0.4 is 27.5 Å². The van der Waals surface area contributed by atoms with Crippen molar-refractivity contribution >= 4 is 52.1 Å². The molecule has 1 amide bonds. The maximum atomic E-state index is 13.9. The molecule has 4 aromatic rings. The number of nitrogens with one attached hydrogen (secondary N) is 1. The van der Waals surface area contributed by atoms with Crippen LogP contribution in [0.5, 0.6) is 0 Å². The van der Waals surface area contributed by atoms with Crippen LogP contribution in [0.4, 0.5) is 11.4 Å². The molecule has 1 aliphatic heterocycles. The quantitative estimate of drug-likeness (QED) is 0.162. The average molecular weight is 629 g/mol. The first-order chi connectivity index (χ1) is 20.0. The van der Waals surface area contributed by atoms with Crippen LogP contribution in [0.3, 0.4) is 0 Å². The number of anilines is 2. The molecule has 14 heteroatoms. The second kappa shape index (κ2) is 12.1. The number of pyridine rings is 1. The van der Waals surface area contributed by atoms with E-state index in [2.05, 4.69) is 20.4 Å². The van der Waals surface area contributed by atoms with E-state index in [1.54, 1.807) is 42.3 Å². The topological polar surface area (TPSA) is 150 Å². The second-order valence-electron chi connectivity index (χ2n) is 10.0. The molecule has 3 aromatic heterocycles. The van der Waals surface area contributed by atoms with Gasteiger partial charge in [0.25, 0.3) is 5.56 Å². The highest BCUT2D eigenvalue weighted by Gasteiger charge is 2.25. The highest BCUT2D eigenvalue weighted by atomic mass is 35.5. The van der Waals surface area contributed by atoms with Crippen LogP contribution in [-0.4, -0.2) is 30.2 Å². The number of nitrogens with two attached hydrogens (primary N) is 2. The number of aromatic nitrogens is 5. The van der Waals surface area contributed by atoms with E-state index in [1.165, 1.54) is 22.1 Å². The van der Waals surface area contributed by atoms with Crippen molar-refractivity contribution < 1.29 is 4.79 Å². The molecule has 2 atom stereocenters. The Morgan fingerprint density at radius 3 is 2.71 bits per heavy atom. The molecule has 0 saturated carbocycles. The Bertz CT molecular complexity index is 1750. The fourth-order valence-corrected chi connectivity index (χ4v) is 5.59. The van der Waals surface area contributed by atoms with Crippen molar-refractivity contribution in [3.8, 4) is 22.5 Å². The summed E-state index contributed by atoms with van der Waals surface area (Å²) in [7, 11) is 1.80. The predicted octanol–water partition coefficient (Wildman–Crippen LogP) is 5.04. The van der Waals surface area contributed by atoms with E-state index in [1.807, 2.05) is 19.1 Å². The third kappa shape index (κ3) is 5.86. The van der Waals surface area contributed by atoms with Gasteiger partial charge in [0.2, 0.25) is 5.91 Å². The fourth-order valence-electron chi connectivity index (χ4n) is 5.06. The van der Waals surface area contributed by atoms with E-state index in [0.29, 0.717) is 46.9 Å². The van der Waals surface area contributed by atoms with Crippen LogP contribution >= 0.6 is 34.8 Å². The number of halogens is 3. The van der Waals surface area contributed by atoms with Gasteiger partial charge in [-0.1, -0.05) is 48.1 Å². The largest absolute Gasteiger partial charge is 0.388 e. The summed E-state index contributed by atoms with van der Waals surface area (Å²) in [4.78, 5) is 36.0. The molecule has 11 nitrogen and oxygen atoms in total. The third-order valence-corrected chi connectivity index (χ3v) is 7.86. The molecule has 0 spiro atoms. The van der Waals surface area contributed by atoms with Gasteiger partial charge >= 0.3 is 0 Å². The van der Waals surface area contributed by atoms with Crippen LogP contribution in [0, 0.1) is 5.92 Å². The minimum atomic E-state index is -0.508. The molecule has 5 rings (SSSR count). The number of carbonyl (C=O) groups is 1. The molecule has 218 valence electrons. The maximum absolute atomic E-state index is 13.9. The molecule has 2 bridgehead atoms. The lowest BCUT2D eigenvalue weighted by Crippen LogP contribution is -2.29. The number of aryl methyl sites for hydroxylation is 1. The average Bonchev–Trinajstić information content (AvgIpc) is 3.31. The first kappa shape index (κ1) is 29.6. The Hall–Kier alpha value is -3.90. The fraction of sp³-hybridized carbons (Fsp3) is 0.250. The number of benzene rings is 1. The SMILES string of the molecule is CC1CCCC(n2cnc(-c3cc(Cl)ccc3N(N)/C=C(\N)Cl)c(Cl)c2=O)c2cc(ccn2)-c2c(cnn2C)NC1=O. The summed E-state index contributed by atoms with van der Waals surface area (Å²) in [5.74, 6) is 5.79. The van der Waals surface area contributed by atoms with Gasteiger partial charge in [-0.3, -0.25) is 28.8 Å². The smallest absolute Gasteiger partial charge is 0.273 e. The molecule has 0 radical (unpaired) electrons. The first-order valence-corrected chi connectivity index (χ1v) is 14.2. The molecule has 5 N–H and O–H groups in total. The first-order valence-electron chi connectivity index (χ1n) is 13.1. The van der Waals surface area contributed by atoms with Crippen LogP contribution in [0.1, 0.15) is 37.9 Å². The Morgan fingerprint density at radius 2 is 1.95 bits per heavy atom. The lowest BCUT2D eigenvalue weighted by atomic mass is 9.97. The van der Waals surface area contributed by atoms with E-state index < -0.39 is 11.6 Å². The number of rotatable bonds is 4. The zero-order valence-corrected chi connectivity index (χ0v) is 25.0. The van der Waals surface area contributed by atoms with E-state index in [4.69, 9.17) is 46.4 Å². The van der Waals surface area contributed by atoms with Gasteiger partial charge in [-0.15, -0.1) is 0 Å². The molecule has 2 unspecified atom stereocenters. The van der Waals surface area contributed by atoms with Crippen molar-refractivity contribution in [2.24, 2.45) is 24.5 Å². The number of amides is 1. The molecular formula is C28H28Cl3N9O2. The number of hydrogen-bond donors (Lipinski definition) is 3. The molecule has 0 saturated heterocycles. The summed E-state index contributed by atoms with van der Waals surface area (Å²) in [6.45, 7) is 1.87. The van der Waals surface area contributed by atoms with Crippen molar-refractivity contribution in [3.63, 3.8) is 0 Å². The van der Waals surface area contributed by atoms with Crippen LogP contribution in [0.15, 0.2) is 65.2 Å². The highest BCUT2D eigenvalue weighted by molar-refractivity contribution is 6.33. The Balaban J connectivity index is 1.63. The Kier molecular flexibility index (Phi) is 8.55. The molecule has 1 aromatic carbocycles. The van der Waals surface area contributed by atoms with Crippen molar-refractivity contribution in [3.05, 3.63) is 86.5 Å². The summed E-state index contributed by atoms with van der Waals surface area (Å²) >= 11 is 18.8. The van der Waals surface area contributed by atoms with Gasteiger partial charge in [0.1, 0.15) is 10.2 Å². The molecule has 0 fully saturated rings. The summed E-state index contributed by atoms with van der Waals surface area (Å²) in [5, 5.41) is 8.76. The number of hydrogen-bond acceptors (Lipinski definition) is 8. The summed E-state index contributed by atoms with van der Waals surface area (Å²) in [6.07, 6.45) is 7.80. The van der Waals surface area contributed by atoms with Gasteiger partial charge < -0.3 is 11.1 Å². The van der Waals surface area contributed by atoms with E-state index in [0.717, 1.165) is 11.3 Å². The zero-order valence-electron chi connectivity index (χ0n) is 22.8. The molecule has 1 aliphatic rings. The highest BCUT2D eigenvalue weighted by Crippen LogP contribution is 2.36. The minimum Gasteiger partial charge on any atom is -0.388 e. The number of hydrazine groups is 1. The summed E-state index contributed by atoms with van der Waals surface area (Å²) in [5.41, 5.74) is 8.90. The normalized spacial score (nSPS) is 17.6. The minimum absolute atomic E-state index is 0.0462. The van der Waals surface area contributed by atoms with Gasteiger partial charge in [-0.05, 0) is 43.2 Å². The van der Waals surface area contributed by atoms with Crippen LogP contribution in [-0.2, 0) is 11.8 Å². The molecule has 0 aliphatic carbocycles. The van der Waals surface area contributed by atoms with Crippen molar-refractivity contribution in [2.45, 2.75) is 32.2 Å². The Labute approximate surface area is 256 Å². The molecular weight excluding hydrogens is 601 g/mol. The van der Waals surface area contributed by atoms with Crippen molar-refractivity contribution in [2.75, 3.05) is 10.3 Å². The standard InChI is InChI=1S/C28H28Cl3N9O2/c1-15-4-3-5-22(19-10-16(8-9-34-19)26-20(37-27(15)41)12-36-38(26)2)39-14-35-25(24(31)28(39)42)18-11-17(29)6-7-21(18)40(33)13-23(30)32/h6-15,22H,3-5,32-33H2,1-2H3,(H,37,41)/b23-13-. The maximum Gasteiger partial charge on any atom is 0.273 e. The summed E-state index contributed by atoms with van der Waals surface area (Å²) < 4.78 is 3.16. The molecule has 42 heavy (non-hydrogen) atoms. The van der Waals surface area contributed by atoms with E-state index in [9.17, 15) is 9.59 Å². The monoisotopic (exact) mass is 627 g/mol. The van der Waals surface area contributed by atoms with E-state index in [-0.39, 0.29) is 27.7 Å². The van der Waals surface area contributed by atoms with Crippen LogP contribution in [0.2, 0.25) is 10.0 Å². The number of carbonyl (C=O) groups excluding carboxylic acids is 1. The van der Waals surface area contributed by atoms with Crippen molar-refractivity contribution in [1.29, 1.82) is 0 Å². The zero-order chi connectivity index (χ0) is 30.1. The number of fused-ring (bicyclic) bond motifs is 4. The lowest BCUT2D eigenvalue weighted by Gasteiger charge is -2.23. The number of nitrogens with zero attached hydrogens (tertiary/aromatic N) is 6. The predicted molar refractivity (Wildman–Crippen MR) is 165 cm³/mol. The van der Waals surface area contributed by atoms with E-state index >= 15 is 0 Å². The second-order valence-corrected chi connectivity index (χ2v) is 11.3. The third-order valence-electron chi connectivity index (χ3n) is 7.19. The summed E-state index contributed by atoms with van der Waals surface area (Å²) in [6, 6.07) is 8.09.